The van der Waals surface area contributed by atoms with Crippen LogP contribution in [0.3, 0.4) is 0 Å². The molecular formula is C25H19ClFN3OS. The van der Waals surface area contributed by atoms with E-state index in [9.17, 15) is 4.39 Å². The molecule has 0 bridgehead atoms. The van der Waals surface area contributed by atoms with Crippen molar-refractivity contribution in [2.75, 3.05) is 4.90 Å². The highest BCUT2D eigenvalue weighted by Crippen LogP contribution is 2.43. The van der Waals surface area contributed by atoms with Crippen LogP contribution in [-0.2, 0) is 0 Å². The van der Waals surface area contributed by atoms with E-state index in [2.05, 4.69) is 10.3 Å². The first kappa shape index (κ1) is 20.7. The fraction of sp³-hybridized carbons (Fsp3) is 0.120. The van der Waals surface area contributed by atoms with Crippen LogP contribution in [0.1, 0.15) is 29.1 Å². The van der Waals surface area contributed by atoms with Gasteiger partial charge in [-0.1, -0.05) is 29.8 Å². The van der Waals surface area contributed by atoms with Gasteiger partial charge in [0.25, 0.3) is 0 Å². The SMILES string of the molecule is Cc1ccc(-c2ccc([C@H]3[C@@H](c4ccccn4)NC(=S)N3c3ccc(F)cc3)o2)cc1Cl. The number of aromatic nitrogens is 1. The van der Waals surface area contributed by atoms with E-state index in [1.54, 1.807) is 18.3 Å². The molecule has 3 heterocycles. The number of rotatable bonds is 4. The molecule has 2 aromatic carbocycles. The Balaban J connectivity index is 1.59. The molecule has 0 radical (unpaired) electrons. The van der Waals surface area contributed by atoms with Gasteiger partial charge in [-0.15, -0.1) is 0 Å². The Kier molecular flexibility index (Phi) is 5.41. The molecule has 1 saturated heterocycles. The number of pyridine rings is 1. The van der Waals surface area contributed by atoms with Crippen LogP contribution in [0.5, 0.6) is 0 Å². The van der Waals surface area contributed by atoms with Crippen molar-refractivity contribution < 1.29 is 8.81 Å². The third-order valence-electron chi connectivity index (χ3n) is 5.58. The number of nitrogens with zero attached hydrogens (tertiary/aromatic N) is 2. The predicted molar refractivity (Wildman–Crippen MR) is 128 cm³/mol. The highest BCUT2D eigenvalue weighted by Gasteiger charge is 2.42. The molecule has 160 valence electrons. The Morgan fingerprint density at radius 3 is 2.59 bits per heavy atom. The van der Waals surface area contributed by atoms with Crippen molar-refractivity contribution in [1.82, 2.24) is 10.3 Å². The summed E-state index contributed by atoms with van der Waals surface area (Å²) in [4.78, 5) is 6.47. The summed E-state index contributed by atoms with van der Waals surface area (Å²) in [6.45, 7) is 1.96. The van der Waals surface area contributed by atoms with Gasteiger partial charge in [0.1, 0.15) is 23.4 Å². The van der Waals surface area contributed by atoms with Crippen molar-refractivity contribution in [1.29, 1.82) is 0 Å². The largest absolute Gasteiger partial charge is 0.459 e. The van der Waals surface area contributed by atoms with Crippen molar-refractivity contribution in [3.8, 4) is 11.3 Å². The maximum absolute atomic E-state index is 13.6. The summed E-state index contributed by atoms with van der Waals surface area (Å²) in [6.07, 6.45) is 1.75. The number of aryl methyl sites for hydroxylation is 1. The monoisotopic (exact) mass is 463 g/mol. The second-order valence-electron chi connectivity index (χ2n) is 7.64. The van der Waals surface area contributed by atoms with Gasteiger partial charge in [-0.25, -0.2) is 4.39 Å². The van der Waals surface area contributed by atoms with Gasteiger partial charge in [0.05, 0.1) is 11.7 Å². The normalized spacial score (nSPS) is 18.1. The minimum Gasteiger partial charge on any atom is -0.459 e. The van der Waals surface area contributed by atoms with Gasteiger partial charge in [-0.3, -0.25) is 4.98 Å². The van der Waals surface area contributed by atoms with Crippen LogP contribution in [-0.4, -0.2) is 10.1 Å². The summed E-state index contributed by atoms with van der Waals surface area (Å²) >= 11 is 12.0. The molecule has 0 aliphatic carbocycles. The number of hydrogen-bond donors (Lipinski definition) is 1. The van der Waals surface area contributed by atoms with Gasteiger partial charge in [-0.05, 0) is 79.3 Å². The van der Waals surface area contributed by atoms with Crippen LogP contribution in [0.15, 0.2) is 83.4 Å². The summed E-state index contributed by atoms with van der Waals surface area (Å²) in [5.74, 6) is 1.11. The van der Waals surface area contributed by atoms with Crippen molar-refractivity contribution in [3.05, 3.63) is 107 Å². The van der Waals surface area contributed by atoms with Crippen LogP contribution >= 0.6 is 23.8 Å². The van der Waals surface area contributed by atoms with Crippen molar-refractivity contribution in [3.63, 3.8) is 0 Å². The molecule has 1 aliphatic rings. The second kappa shape index (κ2) is 8.37. The average molecular weight is 464 g/mol. The van der Waals surface area contributed by atoms with Crippen LogP contribution in [0, 0.1) is 12.7 Å². The summed E-state index contributed by atoms with van der Waals surface area (Å²) in [6, 6.07) is 21.2. The summed E-state index contributed by atoms with van der Waals surface area (Å²) in [5.41, 5.74) is 3.50. The molecule has 5 rings (SSSR count). The van der Waals surface area contributed by atoms with E-state index in [4.69, 9.17) is 28.2 Å². The zero-order valence-electron chi connectivity index (χ0n) is 17.1. The van der Waals surface area contributed by atoms with Crippen LogP contribution in [0.4, 0.5) is 10.1 Å². The van der Waals surface area contributed by atoms with Gasteiger partial charge in [0.2, 0.25) is 0 Å². The fourth-order valence-corrected chi connectivity index (χ4v) is 4.46. The van der Waals surface area contributed by atoms with Crippen molar-refractivity contribution >= 4 is 34.6 Å². The molecule has 1 N–H and O–H groups in total. The lowest BCUT2D eigenvalue weighted by atomic mass is 10.0. The molecule has 0 amide bonds. The lowest BCUT2D eigenvalue weighted by Crippen LogP contribution is -2.29. The average Bonchev–Trinajstić information content (AvgIpc) is 3.41. The van der Waals surface area contributed by atoms with E-state index in [1.807, 2.05) is 60.4 Å². The highest BCUT2D eigenvalue weighted by molar-refractivity contribution is 7.80. The Morgan fingerprint density at radius 2 is 1.88 bits per heavy atom. The van der Waals surface area contributed by atoms with E-state index in [0.717, 1.165) is 22.5 Å². The quantitative estimate of drug-likeness (QED) is 0.344. The molecule has 2 aromatic heterocycles. The van der Waals surface area contributed by atoms with Gasteiger partial charge in [-0.2, -0.15) is 0 Å². The van der Waals surface area contributed by atoms with E-state index in [-0.39, 0.29) is 17.9 Å². The van der Waals surface area contributed by atoms with Gasteiger partial charge < -0.3 is 14.6 Å². The summed E-state index contributed by atoms with van der Waals surface area (Å²) < 4.78 is 19.9. The molecule has 32 heavy (non-hydrogen) atoms. The molecule has 4 nitrogen and oxygen atoms in total. The van der Waals surface area contributed by atoms with E-state index >= 15 is 0 Å². The van der Waals surface area contributed by atoms with Crippen LogP contribution in [0.2, 0.25) is 5.02 Å². The number of hydrogen-bond acceptors (Lipinski definition) is 3. The first-order valence-corrected chi connectivity index (χ1v) is 10.9. The third-order valence-corrected chi connectivity index (χ3v) is 6.30. The van der Waals surface area contributed by atoms with E-state index in [0.29, 0.717) is 21.7 Å². The first-order chi connectivity index (χ1) is 15.5. The first-order valence-electron chi connectivity index (χ1n) is 10.1. The predicted octanol–water partition coefficient (Wildman–Crippen LogP) is 6.62. The Bertz CT molecular complexity index is 1280. The maximum Gasteiger partial charge on any atom is 0.174 e. The van der Waals surface area contributed by atoms with Crippen molar-refractivity contribution in [2.24, 2.45) is 0 Å². The lowest BCUT2D eigenvalue weighted by Gasteiger charge is -2.26. The fourth-order valence-electron chi connectivity index (χ4n) is 3.94. The minimum absolute atomic E-state index is 0.241. The molecule has 0 unspecified atom stereocenters. The zero-order valence-corrected chi connectivity index (χ0v) is 18.7. The number of anilines is 1. The number of furan rings is 1. The molecule has 1 aliphatic heterocycles. The smallest absolute Gasteiger partial charge is 0.174 e. The molecule has 2 atom stereocenters. The van der Waals surface area contributed by atoms with Gasteiger partial charge in [0, 0.05) is 22.5 Å². The molecule has 0 saturated carbocycles. The minimum atomic E-state index is -0.308. The van der Waals surface area contributed by atoms with E-state index < -0.39 is 0 Å². The number of thiocarbonyl (C=S) groups is 1. The molecule has 1 fully saturated rings. The molecule has 0 spiro atoms. The second-order valence-corrected chi connectivity index (χ2v) is 8.43. The summed E-state index contributed by atoms with van der Waals surface area (Å²) in [5, 5.41) is 4.57. The standard InChI is InChI=1S/C25H19ClFN3OS/c1-15-5-6-16(14-19(15)26)21-11-12-22(31-21)24-23(20-4-2-3-13-28-20)29-25(32)30(24)18-9-7-17(27)8-10-18/h2-14,23-24H,1H3,(H,29,32)/t23-,24+/m1/s1. The van der Waals surface area contributed by atoms with Crippen molar-refractivity contribution in [2.45, 2.75) is 19.0 Å². The number of nitrogens with one attached hydrogen (secondary N) is 1. The topological polar surface area (TPSA) is 41.3 Å². The van der Waals surface area contributed by atoms with Crippen LogP contribution in [0.25, 0.3) is 11.3 Å². The Hall–Kier alpha value is -3.22. The Labute approximate surface area is 195 Å². The lowest BCUT2D eigenvalue weighted by molar-refractivity contribution is 0.439. The number of benzene rings is 2. The zero-order chi connectivity index (χ0) is 22.2. The van der Waals surface area contributed by atoms with Gasteiger partial charge >= 0.3 is 0 Å². The summed E-state index contributed by atoms with van der Waals surface area (Å²) in [7, 11) is 0. The van der Waals surface area contributed by atoms with E-state index in [1.165, 1.54) is 12.1 Å². The maximum atomic E-state index is 13.6. The van der Waals surface area contributed by atoms with Crippen LogP contribution < -0.4 is 10.2 Å². The highest BCUT2D eigenvalue weighted by atomic mass is 35.5. The molecule has 4 aromatic rings. The van der Waals surface area contributed by atoms with Gasteiger partial charge in [0.15, 0.2) is 5.11 Å². The molecule has 7 heteroatoms. The third kappa shape index (κ3) is 3.76. The Morgan fingerprint density at radius 1 is 1.06 bits per heavy atom. The number of halogens is 2. The molecular weight excluding hydrogens is 445 g/mol.